The number of pyridine rings is 1. The fraction of sp³-hybridized carbons (Fsp3) is 0.302. The third-order valence-electron chi connectivity index (χ3n) is 9.69. The number of aromatic nitrogens is 1. The highest BCUT2D eigenvalue weighted by molar-refractivity contribution is 7.90. The molecule has 52 heavy (non-hydrogen) atoms. The number of fused-ring (bicyclic) bond motifs is 1. The molecule has 0 radical (unpaired) electrons. The second-order valence-corrected chi connectivity index (χ2v) is 21.8. The quantitative estimate of drug-likeness (QED) is 0.110. The Labute approximate surface area is 311 Å². The van der Waals surface area contributed by atoms with E-state index in [2.05, 4.69) is 78.9 Å². The predicted molar refractivity (Wildman–Crippen MR) is 212 cm³/mol. The van der Waals surface area contributed by atoms with Crippen LogP contribution in [0.4, 0.5) is 4.39 Å². The summed E-state index contributed by atoms with van der Waals surface area (Å²) in [4.78, 5) is 18.6. The number of halogens is 1. The Bertz CT molecular complexity index is 1950. The summed E-state index contributed by atoms with van der Waals surface area (Å²) in [6.07, 6.45) is 0.569. The molecule has 1 aromatic heterocycles. The van der Waals surface area contributed by atoms with Crippen molar-refractivity contribution in [3.05, 3.63) is 150 Å². The predicted octanol–water partition coefficient (Wildman–Crippen LogP) is 8.10. The molecule has 0 saturated heterocycles. The Morgan fingerprint density at radius 2 is 1.44 bits per heavy atom. The van der Waals surface area contributed by atoms with Gasteiger partial charge in [0.1, 0.15) is 16.3 Å². The van der Waals surface area contributed by atoms with E-state index < -0.39 is 30.3 Å². The second-order valence-electron chi connectivity index (χ2n) is 15.3. The van der Waals surface area contributed by atoms with Crippen LogP contribution in [0.3, 0.4) is 0 Å². The van der Waals surface area contributed by atoms with Gasteiger partial charge in [0.15, 0.2) is 0 Å². The van der Waals surface area contributed by atoms with Crippen molar-refractivity contribution < 1.29 is 18.2 Å². The summed E-state index contributed by atoms with van der Waals surface area (Å²) in [7, 11) is -2.83. The Morgan fingerprint density at radius 3 is 2.00 bits per heavy atom. The maximum absolute atomic E-state index is 14.4. The first-order valence-electron chi connectivity index (χ1n) is 17.9. The smallest absolute Gasteiger partial charge is 0.270 e. The van der Waals surface area contributed by atoms with E-state index in [9.17, 15) is 13.7 Å². The molecular weight excluding hydrogens is 686 g/mol. The van der Waals surface area contributed by atoms with Gasteiger partial charge < -0.3 is 14.3 Å². The molecule has 9 heteroatoms. The van der Waals surface area contributed by atoms with E-state index in [1.165, 1.54) is 16.4 Å². The highest BCUT2D eigenvalue weighted by Crippen LogP contribution is 2.46. The van der Waals surface area contributed by atoms with Gasteiger partial charge in [-0.3, -0.25) is 4.79 Å². The highest BCUT2D eigenvalue weighted by atomic mass is 32.2. The lowest BCUT2D eigenvalue weighted by Crippen LogP contribution is -2.66. The number of rotatable bonds is 11. The van der Waals surface area contributed by atoms with Crippen molar-refractivity contribution in [2.45, 2.75) is 76.9 Å². The molecule has 6 rings (SSSR count). The molecule has 0 spiro atoms. The molecule has 270 valence electrons. The summed E-state index contributed by atoms with van der Waals surface area (Å²) < 4.78 is 37.6. The zero-order valence-electron chi connectivity index (χ0n) is 30.9. The van der Waals surface area contributed by atoms with E-state index in [0.717, 1.165) is 16.7 Å². The number of amides is 1. The average molecular weight is 734 g/mol. The summed E-state index contributed by atoms with van der Waals surface area (Å²) in [5.74, 6) is -0.775. The molecule has 1 N–H and O–H groups in total. The van der Waals surface area contributed by atoms with Crippen molar-refractivity contribution in [3.63, 3.8) is 0 Å². The van der Waals surface area contributed by atoms with Gasteiger partial charge in [0, 0.05) is 41.2 Å². The van der Waals surface area contributed by atoms with Crippen molar-refractivity contribution in [1.82, 2.24) is 14.6 Å². The monoisotopic (exact) mass is 733 g/mol. The number of nitrogens with one attached hydrogen (secondary N) is 1. The molecule has 1 aliphatic heterocycles. The Hall–Kier alpha value is -4.12. The van der Waals surface area contributed by atoms with Gasteiger partial charge in [-0.2, -0.15) is 0 Å². The summed E-state index contributed by atoms with van der Waals surface area (Å²) in [6, 6.07) is 38.9. The lowest BCUT2D eigenvalue weighted by Gasteiger charge is -2.43. The van der Waals surface area contributed by atoms with E-state index >= 15 is 0 Å². The van der Waals surface area contributed by atoms with E-state index in [1.807, 2.05) is 69.3 Å². The lowest BCUT2D eigenvalue weighted by atomic mass is 9.96. The molecule has 0 aliphatic carbocycles. The van der Waals surface area contributed by atoms with E-state index in [0.29, 0.717) is 30.8 Å². The molecule has 0 fully saturated rings. The largest absolute Gasteiger partial charge is 0.597 e. The van der Waals surface area contributed by atoms with Crippen molar-refractivity contribution in [2.24, 2.45) is 0 Å². The molecular formula is C43H48FN3O3SSi. The van der Waals surface area contributed by atoms with Crippen molar-refractivity contribution >= 4 is 36.0 Å². The second kappa shape index (κ2) is 15.5. The minimum atomic E-state index is -2.83. The molecule has 5 aromatic rings. The van der Waals surface area contributed by atoms with Crippen molar-refractivity contribution in [3.8, 4) is 11.3 Å². The summed E-state index contributed by atoms with van der Waals surface area (Å²) in [6.45, 7) is 13.6. The molecule has 0 bridgehead atoms. The maximum Gasteiger partial charge on any atom is 0.270 e. The third kappa shape index (κ3) is 7.65. The van der Waals surface area contributed by atoms with Gasteiger partial charge in [-0.25, -0.2) is 9.37 Å². The molecule has 1 amide bonds. The molecule has 6 nitrogen and oxygen atoms in total. The molecule has 2 heterocycles. The van der Waals surface area contributed by atoms with Gasteiger partial charge in [0.2, 0.25) is 0 Å². The van der Waals surface area contributed by atoms with Crippen LogP contribution in [-0.4, -0.2) is 39.4 Å². The summed E-state index contributed by atoms with van der Waals surface area (Å²) in [5.41, 5.74) is 4.04. The van der Waals surface area contributed by atoms with Crippen LogP contribution in [0.2, 0.25) is 5.04 Å². The standard InChI is InChI=1S/C43H48FN3O3SSi/c1-42(2,3)51(49)47-30-33-28-37(41(48)45-29-32-20-16-17-25-36(32)44)46-40(31-18-10-7-11-19-31)39(33)38(47)26-27-50-52(43(4,5)6,34-21-12-8-13-22-34)35-23-14-9-15-24-35/h7-25,28,38H,26-27,29-30H2,1-6H3,(H,45,48). The first-order chi connectivity index (χ1) is 24.8. The van der Waals surface area contributed by atoms with Gasteiger partial charge in [-0.15, -0.1) is 4.31 Å². The molecule has 2 atom stereocenters. The maximum atomic E-state index is 14.4. The van der Waals surface area contributed by atoms with Crippen molar-refractivity contribution in [1.29, 1.82) is 0 Å². The zero-order chi connectivity index (χ0) is 37.1. The minimum absolute atomic E-state index is 0.0350. The fourth-order valence-corrected chi connectivity index (χ4v) is 13.3. The fourth-order valence-electron chi connectivity index (χ4n) is 7.27. The van der Waals surface area contributed by atoms with Crippen LogP contribution in [0.1, 0.15) is 81.2 Å². The Morgan fingerprint density at radius 1 is 0.885 bits per heavy atom. The third-order valence-corrected chi connectivity index (χ3v) is 16.6. The number of benzene rings is 4. The number of nitrogens with zero attached hydrogens (tertiary/aromatic N) is 2. The van der Waals surface area contributed by atoms with Crippen LogP contribution in [-0.2, 0) is 28.9 Å². The summed E-state index contributed by atoms with van der Waals surface area (Å²) >= 11 is -1.38. The number of carbonyl (C=O) groups excluding carboxylic acids is 1. The van der Waals surface area contributed by atoms with Gasteiger partial charge in [0.25, 0.3) is 14.2 Å². The zero-order valence-corrected chi connectivity index (χ0v) is 32.7. The van der Waals surface area contributed by atoms with Gasteiger partial charge >= 0.3 is 0 Å². The molecule has 0 saturated carbocycles. The number of hydrogen-bond donors (Lipinski definition) is 1. The van der Waals surface area contributed by atoms with E-state index in [1.54, 1.807) is 18.2 Å². The van der Waals surface area contributed by atoms with Gasteiger partial charge in [-0.05, 0) is 60.3 Å². The average Bonchev–Trinajstić information content (AvgIpc) is 3.50. The van der Waals surface area contributed by atoms with Crippen LogP contribution in [0.5, 0.6) is 0 Å². The van der Waals surface area contributed by atoms with Crippen LogP contribution in [0.15, 0.2) is 121 Å². The lowest BCUT2D eigenvalue weighted by molar-refractivity contribution is 0.0945. The molecule has 4 aromatic carbocycles. The SMILES string of the molecule is CC(C)(C)[S+]([O-])N1Cc2cc(C(=O)NCc3ccccc3F)nc(-c3ccccc3)c2C1CCO[Si](c1ccccc1)(c1ccccc1)C(C)(C)C. The number of hydrogen-bond acceptors (Lipinski definition) is 5. The van der Waals surface area contributed by atoms with Crippen LogP contribution < -0.4 is 15.7 Å². The van der Waals surface area contributed by atoms with Gasteiger partial charge in [-0.1, -0.05) is 130 Å². The minimum Gasteiger partial charge on any atom is -0.597 e. The van der Waals surface area contributed by atoms with Crippen LogP contribution >= 0.6 is 0 Å². The normalized spacial score (nSPS) is 15.7. The summed E-state index contributed by atoms with van der Waals surface area (Å²) in [5, 5.41) is 5.07. The first kappa shape index (κ1) is 37.6. The topological polar surface area (TPSA) is 77.5 Å². The number of carbonyl (C=O) groups is 1. The van der Waals surface area contributed by atoms with Gasteiger partial charge in [0.05, 0.1) is 18.3 Å². The van der Waals surface area contributed by atoms with Crippen molar-refractivity contribution in [2.75, 3.05) is 6.61 Å². The Balaban J connectivity index is 1.40. The molecule has 1 aliphatic rings. The van der Waals surface area contributed by atoms with E-state index in [-0.39, 0.29) is 29.1 Å². The van der Waals surface area contributed by atoms with E-state index in [4.69, 9.17) is 9.41 Å². The highest BCUT2D eigenvalue weighted by Gasteiger charge is 2.51. The first-order valence-corrected chi connectivity index (χ1v) is 20.9. The molecule has 2 unspecified atom stereocenters. The van der Waals surface area contributed by atoms with Crippen LogP contribution in [0.25, 0.3) is 11.3 Å². The Kier molecular flexibility index (Phi) is 11.2. The van der Waals surface area contributed by atoms with Crippen LogP contribution in [0, 0.1) is 5.82 Å².